The lowest BCUT2D eigenvalue weighted by atomic mass is 10.0. The monoisotopic (exact) mass is 205 g/mol. The first-order valence-electron chi connectivity index (χ1n) is 5.93. The summed E-state index contributed by atoms with van der Waals surface area (Å²) in [7, 11) is 0. The van der Waals surface area contributed by atoms with Gasteiger partial charge in [0.05, 0.1) is 0 Å². The van der Waals surface area contributed by atoms with Crippen molar-refractivity contribution in [1.82, 2.24) is 5.32 Å². The molecule has 1 atom stereocenters. The maximum Gasteiger partial charge on any atom is -0.00199 e. The Kier molecular flexibility index (Phi) is 5.41. The van der Waals surface area contributed by atoms with Gasteiger partial charge in [0, 0.05) is 0 Å². The molecule has 84 valence electrons. The summed E-state index contributed by atoms with van der Waals surface area (Å²) in [6.07, 6.45) is 1.17. The molecule has 0 saturated heterocycles. The van der Waals surface area contributed by atoms with Crippen LogP contribution in [0.25, 0.3) is 0 Å². The van der Waals surface area contributed by atoms with E-state index in [1.54, 1.807) is 0 Å². The predicted molar refractivity (Wildman–Crippen MR) is 67.0 cm³/mol. The summed E-state index contributed by atoms with van der Waals surface area (Å²) >= 11 is 0. The zero-order valence-corrected chi connectivity index (χ0v) is 10.2. The van der Waals surface area contributed by atoms with E-state index in [1.807, 2.05) is 0 Å². The van der Waals surface area contributed by atoms with E-state index in [9.17, 15) is 0 Å². The topological polar surface area (TPSA) is 12.0 Å². The Morgan fingerprint density at radius 1 is 1.00 bits per heavy atom. The van der Waals surface area contributed by atoms with E-state index in [-0.39, 0.29) is 0 Å². The molecule has 15 heavy (non-hydrogen) atoms. The fraction of sp³-hybridized carbons (Fsp3) is 0.571. The fourth-order valence-electron chi connectivity index (χ4n) is 1.71. The molecule has 0 spiro atoms. The highest BCUT2D eigenvalue weighted by atomic mass is 14.9. The molecular weight excluding hydrogens is 182 g/mol. The van der Waals surface area contributed by atoms with Crippen molar-refractivity contribution in [3.8, 4) is 0 Å². The summed E-state index contributed by atoms with van der Waals surface area (Å²) in [4.78, 5) is 0. The average Bonchev–Trinajstić information content (AvgIpc) is 2.18. The lowest BCUT2D eigenvalue weighted by molar-refractivity contribution is 0.473. The van der Waals surface area contributed by atoms with E-state index in [0.717, 1.165) is 19.0 Å². The van der Waals surface area contributed by atoms with E-state index in [2.05, 4.69) is 56.4 Å². The van der Waals surface area contributed by atoms with Crippen LogP contribution in [-0.2, 0) is 6.42 Å². The molecule has 1 nitrogen and oxygen atoms in total. The number of benzene rings is 1. The molecule has 0 aromatic heterocycles. The molecule has 0 bridgehead atoms. The highest BCUT2D eigenvalue weighted by molar-refractivity contribution is 5.15. The Balaban J connectivity index is 2.21. The zero-order chi connectivity index (χ0) is 11.1. The summed E-state index contributed by atoms with van der Waals surface area (Å²) in [5.74, 6) is 1.46. The van der Waals surface area contributed by atoms with Crippen molar-refractivity contribution < 1.29 is 0 Å². The highest BCUT2D eigenvalue weighted by Crippen LogP contribution is 2.07. The molecule has 1 unspecified atom stereocenters. The summed E-state index contributed by atoms with van der Waals surface area (Å²) in [5.41, 5.74) is 1.44. The van der Waals surface area contributed by atoms with Gasteiger partial charge >= 0.3 is 0 Å². The third-order valence-corrected chi connectivity index (χ3v) is 2.47. The van der Waals surface area contributed by atoms with Crippen LogP contribution in [0.2, 0.25) is 0 Å². The third-order valence-electron chi connectivity index (χ3n) is 2.47. The van der Waals surface area contributed by atoms with Gasteiger partial charge in [0.1, 0.15) is 0 Å². The van der Waals surface area contributed by atoms with Gasteiger partial charge in [0.25, 0.3) is 0 Å². The molecule has 0 heterocycles. The first-order chi connectivity index (χ1) is 7.18. The van der Waals surface area contributed by atoms with Gasteiger partial charge in [-0.05, 0) is 36.9 Å². The molecule has 1 aromatic carbocycles. The molecule has 0 amide bonds. The lowest BCUT2D eigenvalue weighted by Crippen LogP contribution is -2.26. The van der Waals surface area contributed by atoms with Gasteiger partial charge < -0.3 is 5.32 Å². The van der Waals surface area contributed by atoms with Crippen molar-refractivity contribution in [3.63, 3.8) is 0 Å². The molecule has 0 aliphatic heterocycles. The minimum Gasteiger partial charge on any atom is -0.316 e. The normalized spacial score (nSPS) is 13.1. The maximum atomic E-state index is 3.50. The average molecular weight is 205 g/mol. The number of hydrogen-bond donors (Lipinski definition) is 1. The van der Waals surface area contributed by atoms with Crippen LogP contribution >= 0.6 is 0 Å². The lowest BCUT2D eigenvalue weighted by Gasteiger charge is -2.13. The van der Waals surface area contributed by atoms with Gasteiger partial charge in [0.15, 0.2) is 0 Å². The van der Waals surface area contributed by atoms with Crippen LogP contribution in [0.4, 0.5) is 0 Å². The van der Waals surface area contributed by atoms with Crippen LogP contribution in [0.5, 0.6) is 0 Å². The van der Waals surface area contributed by atoms with E-state index < -0.39 is 0 Å². The van der Waals surface area contributed by atoms with E-state index in [1.165, 1.54) is 12.0 Å². The fourth-order valence-corrected chi connectivity index (χ4v) is 1.71. The summed E-state index contributed by atoms with van der Waals surface area (Å²) in [6, 6.07) is 10.7. The standard InChI is InChI=1S/C14H23N/c1-12(2)10-15-11-13(3)9-14-7-5-4-6-8-14/h4-8,12-13,15H,9-11H2,1-3H3. The molecule has 1 rings (SSSR count). The molecule has 0 fully saturated rings. The molecule has 1 heteroatoms. The van der Waals surface area contributed by atoms with Crippen molar-refractivity contribution in [1.29, 1.82) is 0 Å². The molecule has 1 N–H and O–H groups in total. The molecule has 0 radical (unpaired) electrons. The Morgan fingerprint density at radius 2 is 1.67 bits per heavy atom. The quantitative estimate of drug-likeness (QED) is 0.752. The highest BCUT2D eigenvalue weighted by Gasteiger charge is 2.03. The van der Waals surface area contributed by atoms with E-state index >= 15 is 0 Å². The smallest absolute Gasteiger partial charge is 0.00199 e. The Bertz CT molecular complexity index is 253. The summed E-state index contributed by atoms with van der Waals surface area (Å²) in [6.45, 7) is 9.04. The maximum absolute atomic E-state index is 3.50. The summed E-state index contributed by atoms with van der Waals surface area (Å²) < 4.78 is 0. The van der Waals surface area contributed by atoms with Crippen molar-refractivity contribution >= 4 is 0 Å². The Labute approximate surface area is 93.9 Å². The molecule has 0 saturated carbocycles. The van der Waals surface area contributed by atoms with Crippen LogP contribution < -0.4 is 5.32 Å². The van der Waals surface area contributed by atoms with Crippen LogP contribution in [0.15, 0.2) is 30.3 Å². The van der Waals surface area contributed by atoms with Gasteiger partial charge in [-0.15, -0.1) is 0 Å². The molecule has 0 aliphatic rings. The van der Waals surface area contributed by atoms with Crippen LogP contribution in [-0.4, -0.2) is 13.1 Å². The van der Waals surface area contributed by atoms with Gasteiger partial charge in [-0.2, -0.15) is 0 Å². The van der Waals surface area contributed by atoms with Gasteiger partial charge in [-0.3, -0.25) is 0 Å². The van der Waals surface area contributed by atoms with Crippen molar-refractivity contribution in [3.05, 3.63) is 35.9 Å². The number of nitrogens with one attached hydrogen (secondary N) is 1. The second-order valence-corrected chi connectivity index (χ2v) is 4.85. The van der Waals surface area contributed by atoms with Crippen molar-refractivity contribution in [2.24, 2.45) is 11.8 Å². The minimum absolute atomic E-state index is 0.714. The Morgan fingerprint density at radius 3 is 2.27 bits per heavy atom. The van der Waals surface area contributed by atoms with Gasteiger partial charge in [-0.1, -0.05) is 51.1 Å². The third kappa shape index (κ3) is 5.58. The van der Waals surface area contributed by atoms with Crippen molar-refractivity contribution in [2.75, 3.05) is 13.1 Å². The van der Waals surface area contributed by atoms with Gasteiger partial charge in [0.2, 0.25) is 0 Å². The van der Waals surface area contributed by atoms with Gasteiger partial charge in [-0.25, -0.2) is 0 Å². The zero-order valence-electron chi connectivity index (χ0n) is 10.2. The number of hydrogen-bond acceptors (Lipinski definition) is 1. The minimum atomic E-state index is 0.714. The van der Waals surface area contributed by atoms with Crippen molar-refractivity contribution in [2.45, 2.75) is 27.2 Å². The second kappa shape index (κ2) is 6.62. The second-order valence-electron chi connectivity index (χ2n) is 4.85. The largest absolute Gasteiger partial charge is 0.316 e. The first kappa shape index (κ1) is 12.3. The molecule has 0 aliphatic carbocycles. The first-order valence-corrected chi connectivity index (χ1v) is 5.93. The van der Waals surface area contributed by atoms with E-state index in [4.69, 9.17) is 0 Å². The number of rotatable bonds is 6. The predicted octanol–water partition coefficient (Wildman–Crippen LogP) is 3.11. The Hall–Kier alpha value is -0.820. The molecule has 1 aromatic rings. The van der Waals surface area contributed by atoms with Crippen LogP contribution in [0, 0.1) is 11.8 Å². The van der Waals surface area contributed by atoms with Crippen LogP contribution in [0.1, 0.15) is 26.3 Å². The van der Waals surface area contributed by atoms with E-state index in [0.29, 0.717) is 5.92 Å². The summed E-state index contributed by atoms with van der Waals surface area (Å²) in [5, 5.41) is 3.50. The molecular formula is C14H23N. The SMILES string of the molecule is CC(C)CNCC(C)Cc1ccccc1. The van der Waals surface area contributed by atoms with Crippen LogP contribution in [0.3, 0.4) is 0 Å².